The monoisotopic (exact) mass is 247 g/mol. The molecular formula is C15H25N3. The Labute approximate surface area is 111 Å². The Morgan fingerprint density at radius 2 is 2.22 bits per heavy atom. The lowest BCUT2D eigenvalue weighted by Crippen LogP contribution is -2.27. The van der Waals surface area contributed by atoms with E-state index in [1.165, 1.54) is 37.1 Å². The Bertz CT molecular complexity index is 361. The second kappa shape index (κ2) is 6.74. The summed E-state index contributed by atoms with van der Waals surface area (Å²) in [4.78, 5) is 6.98. The Hall–Kier alpha value is -1.09. The maximum Gasteiger partial charge on any atom is 0.132 e. The molecule has 3 heteroatoms. The van der Waals surface area contributed by atoms with Gasteiger partial charge in [-0.3, -0.25) is 0 Å². The van der Waals surface area contributed by atoms with E-state index in [-0.39, 0.29) is 0 Å². The van der Waals surface area contributed by atoms with E-state index in [0.29, 0.717) is 0 Å². The van der Waals surface area contributed by atoms with Gasteiger partial charge in [-0.2, -0.15) is 0 Å². The van der Waals surface area contributed by atoms with Gasteiger partial charge in [-0.25, -0.2) is 4.98 Å². The van der Waals surface area contributed by atoms with Crippen LogP contribution in [0.2, 0.25) is 0 Å². The van der Waals surface area contributed by atoms with Crippen LogP contribution in [0.25, 0.3) is 0 Å². The number of aromatic nitrogens is 1. The number of unbranched alkanes of at least 4 members (excludes halogenated alkanes) is 1. The maximum atomic E-state index is 4.59. The van der Waals surface area contributed by atoms with Crippen LogP contribution in [0.15, 0.2) is 18.3 Å². The molecule has 1 fully saturated rings. The minimum absolute atomic E-state index is 0.753. The summed E-state index contributed by atoms with van der Waals surface area (Å²) in [7, 11) is 0. The first-order valence-electron chi connectivity index (χ1n) is 7.27. The van der Waals surface area contributed by atoms with Gasteiger partial charge in [0.1, 0.15) is 5.82 Å². The molecule has 0 unspecified atom stereocenters. The van der Waals surface area contributed by atoms with E-state index in [9.17, 15) is 0 Å². The van der Waals surface area contributed by atoms with Gasteiger partial charge in [0, 0.05) is 37.4 Å². The van der Waals surface area contributed by atoms with Gasteiger partial charge in [-0.1, -0.05) is 19.4 Å². The number of pyridine rings is 1. The van der Waals surface area contributed by atoms with Crippen LogP contribution in [0, 0.1) is 0 Å². The van der Waals surface area contributed by atoms with Crippen LogP contribution in [0.5, 0.6) is 0 Å². The predicted molar refractivity (Wildman–Crippen MR) is 76.9 cm³/mol. The van der Waals surface area contributed by atoms with Crippen LogP contribution in [-0.4, -0.2) is 24.1 Å². The zero-order valence-corrected chi connectivity index (χ0v) is 11.7. The largest absolute Gasteiger partial charge is 0.357 e. The maximum absolute atomic E-state index is 4.59. The van der Waals surface area contributed by atoms with Crippen molar-refractivity contribution in [3.05, 3.63) is 23.9 Å². The molecule has 1 heterocycles. The first-order valence-corrected chi connectivity index (χ1v) is 7.27. The first-order chi connectivity index (χ1) is 8.85. The topological polar surface area (TPSA) is 28.2 Å². The van der Waals surface area contributed by atoms with Gasteiger partial charge in [0.05, 0.1) is 0 Å². The molecule has 2 rings (SSSR count). The quantitative estimate of drug-likeness (QED) is 0.765. The van der Waals surface area contributed by atoms with Crippen molar-refractivity contribution < 1.29 is 0 Å². The van der Waals surface area contributed by atoms with Crippen LogP contribution < -0.4 is 10.2 Å². The summed E-state index contributed by atoms with van der Waals surface area (Å²) < 4.78 is 0. The predicted octanol–water partition coefficient (Wildman–Crippen LogP) is 2.96. The molecule has 0 spiro atoms. The lowest BCUT2D eigenvalue weighted by atomic mass is 10.2. The number of hydrogen-bond acceptors (Lipinski definition) is 3. The molecule has 1 aromatic heterocycles. The highest BCUT2D eigenvalue weighted by atomic mass is 15.2. The van der Waals surface area contributed by atoms with Crippen molar-refractivity contribution in [3.63, 3.8) is 0 Å². The zero-order chi connectivity index (χ0) is 12.8. The van der Waals surface area contributed by atoms with Crippen LogP contribution in [0.4, 0.5) is 5.82 Å². The molecule has 1 aliphatic carbocycles. The summed E-state index contributed by atoms with van der Waals surface area (Å²) in [6.45, 7) is 7.55. The van der Waals surface area contributed by atoms with E-state index in [1.54, 1.807) is 0 Å². The molecule has 0 aliphatic heterocycles. The molecular weight excluding hydrogens is 222 g/mol. The molecule has 3 nitrogen and oxygen atoms in total. The molecule has 0 saturated heterocycles. The van der Waals surface area contributed by atoms with Gasteiger partial charge in [0.2, 0.25) is 0 Å². The van der Waals surface area contributed by atoms with Crippen molar-refractivity contribution >= 4 is 5.82 Å². The highest BCUT2D eigenvalue weighted by Crippen LogP contribution is 2.22. The summed E-state index contributed by atoms with van der Waals surface area (Å²) in [5, 5.41) is 3.58. The highest BCUT2D eigenvalue weighted by molar-refractivity contribution is 5.46. The van der Waals surface area contributed by atoms with Gasteiger partial charge >= 0.3 is 0 Å². The average molecular weight is 247 g/mol. The van der Waals surface area contributed by atoms with Gasteiger partial charge in [-0.05, 0) is 32.3 Å². The standard InChI is InChI=1S/C15H25N3/c1-3-5-11-18(4-2)15-13(7-6-10-16-15)12-17-14-8-9-14/h6-7,10,14,17H,3-5,8-9,11-12H2,1-2H3. The van der Waals surface area contributed by atoms with Gasteiger partial charge < -0.3 is 10.2 Å². The SMILES string of the molecule is CCCCN(CC)c1ncccc1CNC1CC1. The molecule has 1 aromatic rings. The Morgan fingerprint density at radius 3 is 2.89 bits per heavy atom. The van der Waals surface area contributed by atoms with Crippen molar-refractivity contribution in [1.82, 2.24) is 10.3 Å². The minimum atomic E-state index is 0.753. The molecule has 0 aromatic carbocycles. The highest BCUT2D eigenvalue weighted by Gasteiger charge is 2.21. The Kier molecular flexibility index (Phi) is 5.00. The summed E-state index contributed by atoms with van der Waals surface area (Å²) in [5.74, 6) is 1.17. The second-order valence-electron chi connectivity index (χ2n) is 5.07. The van der Waals surface area contributed by atoms with Crippen LogP contribution >= 0.6 is 0 Å². The third-order valence-electron chi connectivity index (χ3n) is 3.49. The third-order valence-corrected chi connectivity index (χ3v) is 3.49. The van der Waals surface area contributed by atoms with Crippen molar-refractivity contribution in [2.45, 2.75) is 52.1 Å². The summed E-state index contributed by atoms with van der Waals surface area (Å²) >= 11 is 0. The van der Waals surface area contributed by atoms with E-state index in [4.69, 9.17) is 0 Å². The smallest absolute Gasteiger partial charge is 0.132 e. The number of hydrogen-bond donors (Lipinski definition) is 1. The number of rotatable bonds is 8. The molecule has 0 atom stereocenters. The molecule has 0 amide bonds. The van der Waals surface area contributed by atoms with E-state index < -0.39 is 0 Å². The fraction of sp³-hybridized carbons (Fsp3) is 0.667. The van der Waals surface area contributed by atoms with Crippen LogP contribution in [0.3, 0.4) is 0 Å². The fourth-order valence-corrected chi connectivity index (χ4v) is 2.16. The Balaban J connectivity index is 2.02. The van der Waals surface area contributed by atoms with E-state index in [2.05, 4.69) is 35.1 Å². The molecule has 1 aliphatic rings. The average Bonchev–Trinajstić information content (AvgIpc) is 3.22. The molecule has 1 N–H and O–H groups in total. The Morgan fingerprint density at radius 1 is 1.39 bits per heavy atom. The molecule has 0 radical (unpaired) electrons. The van der Waals surface area contributed by atoms with Gasteiger partial charge in [0.25, 0.3) is 0 Å². The number of anilines is 1. The van der Waals surface area contributed by atoms with Gasteiger partial charge in [-0.15, -0.1) is 0 Å². The molecule has 18 heavy (non-hydrogen) atoms. The lowest BCUT2D eigenvalue weighted by Gasteiger charge is -2.24. The minimum Gasteiger partial charge on any atom is -0.357 e. The summed E-state index contributed by atoms with van der Waals surface area (Å²) in [6.07, 6.45) is 7.05. The lowest BCUT2D eigenvalue weighted by molar-refractivity contribution is 0.673. The first kappa shape index (κ1) is 13.3. The number of nitrogens with zero attached hydrogens (tertiary/aromatic N) is 2. The van der Waals surface area contributed by atoms with E-state index in [0.717, 1.165) is 25.7 Å². The molecule has 0 bridgehead atoms. The van der Waals surface area contributed by atoms with Crippen LogP contribution in [-0.2, 0) is 6.54 Å². The normalized spacial score (nSPS) is 14.8. The van der Waals surface area contributed by atoms with Crippen LogP contribution in [0.1, 0.15) is 45.1 Å². The molecule has 1 saturated carbocycles. The van der Waals surface area contributed by atoms with Gasteiger partial charge in [0.15, 0.2) is 0 Å². The van der Waals surface area contributed by atoms with Crippen molar-refractivity contribution in [1.29, 1.82) is 0 Å². The van der Waals surface area contributed by atoms with Crippen molar-refractivity contribution in [3.8, 4) is 0 Å². The second-order valence-corrected chi connectivity index (χ2v) is 5.07. The third kappa shape index (κ3) is 3.70. The fourth-order valence-electron chi connectivity index (χ4n) is 2.16. The zero-order valence-electron chi connectivity index (χ0n) is 11.7. The summed E-state index contributed by atoms with van der Waals surface area (Å²) in [5.41, 5.74) is 1.34. The van der Waals surface area contributed by atoms with E-state index >= 15 is 0 Å². The summed E-state index contributed by atoms with van der Waals surface area (Å²) in [6, 6.07) is 5.00. The molecule has 100 valence electrons. The van der Waals surface area contributed by atoms with Crippen molar-refractivity contribution in [2.75, 3.05) is 18.0 Å². The van der Waals surface area contributed by atoms with E-state index in [1.807, 2.05) is 12.3 Å². The number of nitrogens with one attached hydrogen (secondary N) is 1. The van der Waals surface area contributed by atoms with Crippen molar-refractivity contribution in [2.24, 2.45) is 0 Å².